The fourth-order valence-corrected chi connectivity index (χ4v) is 3.64. The van der Waals surface area contributed by atoms with Gasteiger partial charge in [0, 0.05) is 48.3 Å². The minimum Gasteiger partial charge on any atom is -0.394 e. The van der Waals surface area contributed by atoms with Gasteiger partial charge in [-0.25, -0.2) is 0 Å². The summed E-state index contributed by atoms with van der Waals surface area (Å²) in [5.41, 5.74) is 0.848. The second-order valence-electron chi connectivity index (χ2n) is 6.06. The highest BCUT2D eigenvalue weighted by atomic mass is 35.5. The molecule has 1 heterocycles. The van der Waals surface area contributed by atoms with Gasteiger partial charge in [0.25, 0.3) is 0 Å². The van der Waals surface area contributed by atoms with E-state index in [1.54, 1.807) is 0 Å². The van der Waals surface area contributed by atoms with E-state index in [1.165, 1.54) is 0 Å². The second-order valence-corrected chi connectivity index (χ2v) is 6.88. The average molecular weight is 331 g/mol. The van der Waals surface area contributed by atoms with Gasteiger partial charge in [0.2, 0.25) is 0 Å². The summed E-state index contributed by atoms with van der Waals surface area (Å²) >= 11 is 12.6. The van der Waals surface area contributed by atoms with Crippen LogP contribution in [0.1, 0.15) is 25.5 Å². The number of hydrogen-bond acceptors (Lipinski definition) is 3. The summed E-state index contributed by atoms with van der Waals surface area (Å²) in [6.45, 7) is 9.56. The van der Waals surface area contributed by atoms with Gasteiger partial charge in [-0.15, -0.1) is 0 Å². The Kier molecular flexibility index (Phi) is 6.33. The maximum atomic E-state index is 9.82. The van der Waals surface area contributed by atoms with Gasteiger partial charge in [-0.2, -0.15) is 0 Å². The van der Waals surface area contributed by atoms with Crippen molar-refractivity contribution in [2.75, 3.05) is 39.3 Å². The van der Waals surface area contributed by atoms with Gasteiger partial charge in [0.15, 0.2) is 0 Å². The maximum absolute atomic E-state index is 9.82. The Morgan fingerprint density at radius 1 is 1.10 bits per heavy atom. The molecular formula is C16H24Cl2N2O. The first kappa shape index (κ1) is 17.0. The number of benzene rings is 1. The Hall–Kier alpha value is -0.320. The van der Waals surface area contributed by atoms with Gasteiger partial charge in [-0.3, -0.25) is 4.90 Å². The highest BCUT2D eigenvalue weighted by molar-refractivity contribution is 6.36. The van der Waals surface area contributed by atoms with E-state index in [1.807, 2.05) is 18.2 Å². The van der Waals surface area contributed by atoms with Crippen LogP contribution in [0.4, 0.5) is 0 Å². The van der Waals surface area contributed by atoms with Crippen molar-refractivity contribution in [3.63, 3.8) is 0 Å². The minimum atomic E-state index is -0.118. The number of rotatable bonds is 5. The van der Waals surface area contributed by atoms with Crippen LogP contribution in [0.15, 0.2) is 18.2 Å². The highest BCUT2D eigenvalue weighted by Crippen LogP contribution is 2.33. The van der Waals surface area contributed by atoms with Crippen molar-refractivity contribution in [3.05, 3.63) is 33.8 Å². The number of halogens is 2. The molecular weight excluding hydrogens is 307 g/mol. The molecule has 1 aromatic rings. The smallest absolute Gasteiger partial charge is 0.0629 e. The quantitative estimate of drug-likeness (QED) is 0.897. The molecule has 0 spiro atoms. The van der Waals surface area contributed by atoms with Gasteiger partial charge in [0.1, 0.15) is 0 Å². The molecule has 3 nitrogen and oxygen atoms in total. The third-order valence-electron chi connectivity index (χ3n) is 3.98. The van der Waals surface area contributed by atoms with E-state index >= 15 is 0 Å². The van der Waals surface area contributed by atoms with Crippen molar-refractivity contribution in [2.24, 2.45) is 5.92 Å². The number of nitrogens with zero attached hydrogens (tertiary/aromatic N) is 2. The zero-order valence-corrected chi connectivity index (χ0v) is 14.2. The standard InChI is InChI=1S/C16H24Cl2N2O/c1-12(2)10-19-6-8-20(9-7-19)15(11-21)16-13(17)4-3-5-14(16)18/h3-5,12,15,21H,6-11H2,1-2H3. The highest BCUT2D eigenvalue weighted by Gasteiger charge is 2.27. The summed E-state index contributed by atoms with van der Waals surface area (Å²) in [7, 11) is 0. The predicted molar refractivity (Wildman–Crippen MR) is 89.1 cm³/mol. The molecule has 21 heavy (non-hydrogen) atoms. The molecule has 1 atom stereocenters. The molecule has 0 amide bonds. The molecule has 1 N–H and O–H groups in total. The topological polar surface area (TPSA) is 26.7 Å². The molecule has 1 unspecified atom stereocenters. The summed E-state index contributed by atoms with van der Waals surface area (Å²) in [4.78, 5) is 4.76. The number of aliphatic hydroxyl groups is 1. The number of piperazine rings is 1. The number of hydrogen-bond donors (Lipinski definition) is 1. The molecule has 1 saturated heterocycles. The van der Waals surface area contributed by atoms with Crippen molar-refractivity contribution >= 4 is 23.2 Å². The zero-order chi connectivity index (χ0) is 15.4. The molecule has 0 saturated carbocycles. The van der Waals surface area contributed by atoms with Crippen molar-refractivity contribution in [1.29, 1.82) is 0 Å². The van der Waals surface area contributed by atoms with E-state index in [2.05, 4.69) is 23.6 Å². The van der Waals surface area contributed by atoms with Crippen molar-refractivity contribution in [2.45, 2.75) is 19.9 Å². The SMILES string of the molecule is CC(C)CN1CCN(C(CO)c2c(Cl)cccc2Cl)CC1. The third kappa shape index (κ3) is 4.33. The maximum Gasteiger partial charge on any atom is 0.0629 e. The predicted octanol–water partition coefficient (Wildman–Crippen LogP) is 3.30. The van der Waals surface area contributed by atoms with E-state index < -0.39 is 0 Å². The van der Waals surface area contributed by atoms with Crippen LogP contribution in [-0.4, -0.2) is 54.2 Å². The van der Waals surface area contributed by atoms with Gasteiger partial charge in [-0.1, -0.05) is 43.1 Å². The van der Waals surface area contributed by atoms with E-state index in [9.17, 15) is 5.11 Å². The fourth-order valence-electron chi connectivity index (χ4n) is 2.99. The van der Waals surface area contributed by atoms with Gasteiger partial charge >= 0.3 is 0 Å². The second kappa shape index (κ2) is 7.80. The van der Waals surface area contributed by atoms with Crippen molar-refractivity contribution < 1.29 is 5.11 Å². The largest absolute Gasteiger partial charge is 0.394 e. The Balaban J connectivity index is 2.06. The summed E-state index contributed by atoms with van der Waals surface area (Å²) < 4.78 is 0. The first-order valence-corrected chi connectivity index (χ1v) is 8.29. The van der Waals surface area contributed by atoms with Crippen LogP contribution in [0, 0.1) is 5.92 Å². The van der Waals surface area contributed by atoms with E-state index in [-0.39, 0.29) is 12.6 Å². The van der Waals surface area contributed by atoms with Gasteiger partial charge in [0.05, 0.1) is 12.6 Å². The summed E-state index contributed by atoms with van der Waals surface area (Å²) in [5, 5.41) is 11.1. The van der Waals surface area contributed by atoms with Crippen LogP contribution in [-0.2, 0) is 0 Å². The van der Waals surface area contributed by atoms with Crippen molar-refractivity contribution in [3.8, 4) is 0 Å². The summed E-state index contributed by atoms with van der Waals surface area (Å²) in [5.74, 6) is 0.684. The summed E-state index contributed by atoms with van der Waals surface area (Å²) in [6.07, 6.45) is 0. The minimum absolute atomic E-state index is 0.0354. The van der Waals surface area contributed by atoms with Crippen LogP contribution < -0.4 is 0 Å². The lowest BCUT2D eigenvalue weighted by Crippen LogP contribution is -2.49. The van der Waals surface area contributed by atoms with E-state index in [4.69, 9.17) is 23.2 Å². The van der Waals surface area contributed by atoms with Crippen molar-refractivity contribution in [1.82, 2.24) is 9.80 Å². The molecule has 1 aromatic carbocycles. The fraction of sp³-hybridized carbons (Fsp3) is 0.625. The Morgan fingerprint density at radius 2 is 1.67 bits per heavy atom. The first-order valence-electron chi connectivity index (χ1n) is 7.54. The molecule has 5 heteroatoms. The lowest BCUT2D eigenvalue weighted by Gasteiger charge is -2.39. The van der Waals surface area contributed by atoms with Crippen LogP contribution >= 0.6 is 23.2 Å². The number of aliphatic hydroxyl groups excluding tert-OH is 1. The average Bonchev–Trinajstić information content (AvgIpc) is 2.44. The van der Waals surface area contributed by atoms with Gasteiger partial charge in [-0.05, 0) is 18.1 Å². The normalized spacial score (nSPS) is 19.1. The Bertz CT molecular complexity index is 439. The molecule has 0 bridgehead atoms. The summed E-state index contributed by atoms with van der Waals surface area (Å²) in [6, 6.07) is 5.39. The molecule has 2 rings (SSSR count). The van der Waals surface area contributed by atoms with Gasteiger partial charge < -0.3 is 10.0 Å². The third-order valence-corrected chi connectivity index (χ3v) is 4.64. The van der Waals surface area contributed by atoms with Crippen LogP contribution in [0.5, 0.6) is 0 Å². The Morgan fingerprint density at radius 3 is 2.14 bits per heavy atom. The van der Waals surface area contributed by atoms with Crippen LogP contribution in [0.25, 0.3) is 0 Å². The van der Waals surface area contributed by atoms with E-state index in [0.717, 1.165) is 38.3 Å². The molecule has 1 aliphatic heterocycles. The lowest BCUT2D eigenvalue weighted by atomic mass is 10.0. The molecule has 0 aromatic heterocycles. The van der Waals surface area contributed by atoms with Crippen LogP contribution in [0.2, 0.25) is 10.0 Å². The molecule has 0 radical (unpaired) electrons. The molecule has 0 aliphatic carbocycles. The molecule has 1 fully saturated rings. The monoisotopic (exact) mass is 330 g/mol. The van der Waals surface area contributed by atoms with Crippen LogP contribution in [0.3, 0.4) is 0 Å². The Labute approximate surface area is 137 Å². The molecule has 118 valence electrons. The zero-order valence-electron chi connectivity index (χ0n) is 12.7. The lowest BCUT2D eigenvalue weighted by molar-refractivity contribution is 0.0607. The first-order chi connectivity index (χ1) is 10.0. The van der Waals surface area contributed by atoms with E-state index in [0.29, 0.717) is 16.0 Å². The molecule has 1 aliphatic rings.